The van der Waals surface area contributed by atoms with Crippen LogP contribution in [-0.4, -0.2) is 33.7 Å². The van der Waals surface area contributed by atoms with E-state index in [2.05, 4.69) is 17.2 Å². The van der Waals surface area contributed by atoms with Crippen LogP contribution in [-0.2, 0) is 4.79 Å². The molecule has 1 aromatic heterocycles. The third kappa shape index (κ3) is 2.99. The van der Waals surface area contributed by atoms with Gasteiger partial charge in [-0.2, -0.15) is 5.10 Å². The van der Waals surface area contributed by atoms with Gasteiger partial charge in [0.2, 0.25) is 5.91 Å². The summed E-state index contributed by atoms with van der Waals surface area (Å²) in [7, 11) is 0. The van der Waals surface area contributed by atoms with Gasteiger partial charge in [0.15, 0.2) is 0 Å². The van der Waals surface area contributed by atoms with E-state index in [1.165, 1.54) is 6.42 Å². The van der Waals surface area contributed by atoms with Crippen LogP contribution in [0.4, 0.5) is 0 Å². The van der Waals surface area contributed by atoms with Gasteiger partial charge in [0.05, 0.1) is 6.20 Å². The number of hydrogen-bond acceptors (Lipinski definition) is 2. The number of carbonyl (C=O) groups excluding carboxylic acids is 1. The Bertz CT molecular complexity index is 600. The molecule has 1 aliphatic heterocycles. The molecule has 1 saturated heterocycles. The highest BCUT2D eigenvalue weighted by molar-refractivity contribution is 5.80. The number of amides is 1. The van der Waals surface area contributed by atoms with Gasteiger partial charge < -0.3 is 4.90 Å². The Balaban J connectivity index is 1.74. The predicted molar refractivity (Wildman–Crippen MR) is 82.8 cm³/mol. The second kappa shape index (κ2) is 6.12. The molecule has 21 heavy (non-hydrogen) atoms. The van der Waals surface area contributed by atoms with Crippen LogP contribution in [0.1, 0.15) is 32.2 Å². The zero-order chi connectivity index (χ0) is 14.7. The lowest BCUT2D eigenvalue weighted by Crippen LogP contribution is -2.39. The molecule has 0 aliphatic carbocycles. The first-order chi connectivity index (χ1) is 10.3. The van der Waals surface area contributed by atoms with Gasteiger partial charge in [-0.1, -0.05) is 30.3 Å². The van der Waals surface area contributed by atoms with Gasteiger partial charge in [0.25, 0.3) is 0 Å². The van der Waals surface area contributed by atoms with Crippen LogP contribution in [0.5, 0.6) is 0 Å². The highest BCUT2D eigenvalue weighted by Gasteiger charge is 2.23. The molecule has 0 spiro atoms. The van der Waals surface area contributed by atoms with E-state index >= 15 is 0 Å². The molecule has 0 unspecified atom stereocenters. The Kier molecular flexibility index (Phi) is 4.04. The molecular formula is C17H21N3O. The lowest BCUT2D eigenvalue weighted by atomic mass is 10.1. The molecule has 1 aromatic carbocycles. The van der Waals surface area contributed by atoms with Gasteiger partial charge in [0.1, 0.15) is 6.04 Å². The summed E-state index contributed by atoms with van der Waals surface area (Å²) < 4.78 is 1.78. The van der Waals surface area contributed by atoms with Crippen molar-refractivity contribution in [2.75, 3.05) is 13.1 Å². The normalized spacial score (nSPS) is 16.7. The minimum atomic E-state index is -0.236. The average Bonchev–Trinajstić information content (AvgIpc) is 3.05. The summed E-state index contributed by atoms with van der Waals surface area (Å²) in [6, 6.07) is 9.89. The van der Waals surface area contributed by atoms with Crippen LogP contribution in [0.15, 0.2) is 42.7 Å². The van der Waals surface area contributed by atoms with Gasteiger partial charge in [-0.15, -0.1) is 0 Å². The molecule has 0 N–H and O–H groups in total. The van der Waals surface area contributed by atoms with Crippen LogP contribution in [0.2, 0.25) is 0 Å². The molecule has 2 aromatic rings. The first-order valence-electron chi connectivity index (χ1n) is 7.64. The minimum absolute atomic E-state index is 0.178. The van der Waals surface area contributed by atoms with Crippen molar-refractivity contribution in [3.63, 3.8) is 0 Å². The van der Waals surface area contributed by atoms with E-state index in [-0.39, 0.29) is 11.9 Å². The predicted octanol–water partition coefficient (Wildman–Crippen LogP) is 3.12. The van der Waals surface area contributed by atoms with E-state index in [0.29, 0.717) is 0 Å². The second-order valence-corrected chi connectivity index (χ2v) is 5.64. The van der Waals surface area contributed by atoms with Crippen LogP contribution in [0, 0.1) is 0 Å². The fraction of sp³-hybridized carbons (Fsp3) is 0.412. The van der Waals surface area contributed by atoms with Crippen LogP contribution < -0.4 is 0 Å². The number of rotatable bonds is 3. The summed E-state index contributed by atoms with van der Waals surface area (Å²) in [5.41, 5.74) is 2.18. The molecule has 0 radical (unpaired) electrons. The topological polar surface area (TPSA) is 38.1 Å². The quantitative estimate of drug-likeness (QED) is 0.868. The van der Waals surface area contributed by atoms with Gasteiger partial charge >= 0.3 is 0 Å². The summed E-state index contributed by atoms with van der Waals surface area (Å²) in [6.45, 7) is 3.70. The van der Waals surface area contributed by atoms with Crippen molar-refractivity contribution in [2.24, 2.45) is 0 Å². The van der Waals surface area contributed by atoms with E-state index in [4.69, 9.17) is 0 Å². The molecule has 3 rings (SSSR count). The molecule has 4 heteroatoms. The lowest BCUT2D eigenvalue weighted by molar-refractivity contribution is -0.135. The summed E-state index contributed by atoms with van der Waals surface area (Å²) in [5.74, 6) is 0.178. The number of hydrogen-bond donors (Lipinski definition) is 0. The lowest BCUT2D eigenvalue weighted by Gasteiger charge is -2.29. The molecular weight excluding hydrogens is 262 g/mol. The second-order valence-electron chi connectivity index (χ2n) is 5.64. The van der Waals surface area contributed by atoms with E-state index in [1.54, 1.807) is 4.68 Å². The molecule has 2 heterocycles. The maximum absolute atomic E-state index is 12.5. The highest BCUT2D eigenvalue weighted by atomic mass is 16.2. The molecule has 0 bridgehead atoms. The Morgan fingerprint density at radius 2 is 1.81 bits per heavy atom. The summed E-state index contributed by atoms with van der Waals surface area (Å²) in [4.78, 5) is 14.5. The monoisotopic (exact) mass is 283 g/mol. The van der Waals surface area contributed by atoms with Gasteiger partial charge in [-0.3, -0.25) is 9.48 Å². The first-order valence-corrected chi connectivity index (χ1v) is 7.64. The number of nitrogens with zero attached hydrogens (tertiary/aromatic N) is 3. The maximum Gasteiger partial charge on any atom is 0.247 e. The largest absolute Gasteiger partial charge is 0.341 e. The Hall–Kier alpha value is -2.10. The standard InChI is InChI=1S/C17H21N3O/c1-14(17(21)19-10-6-3-7-11-19)20-13-16(12-18-20)15-8-4-2-5-9-15/h2,4-5,8-9,12-14H,3,6-7,10-11H2,1H3/t14-/m1/s1. The molecule has 4 nitrogen and oxygen atoms in total. The number of benzene rings is 1. The maximum atomic E-state index is 12.5. The zero-order valence-electron chi connectivity index (χ0n) is 12.4. The van der Waals surface area contributed by atoms with Gasteiger partial charge in [-0.05, 0) is 31.7 Å². The smallest absolute Gasteiger partial charge is 0.247 e. The first kappa shape index (κ1) is 13.9. The fourth-order valence-corrected chi connectivity index (χ4v) is 2.82. The van der Waals surface area contributed by atoms with Crippen molar-refractivity contribution in [3.05, 3.63) is 42.7 Å². The Morgan fingerprint density at radius 3 is 2.52 bits per heavy atom. The zero-order valence-corrected chi connectivity index (χ0v) is 12.4. The molecule has 110 valence electrons. The molecule has 1 amide bonds. The third-order valence-corrected chi connectivity index (χ3v) is 4.13. The third-order valence-electron chi connectivity index (χ3n) is 4.13. The van der Waals surface area contributed by atoms with Crippen molar-refractivity contribution < 1.29 is 4.79 Å². The molecule has 1 aliphatic rings. The van der Waals surface area contributed by atoms with Gasteiger partial charge in [0, 0.05) is 24.8 Å². The van der Waals surface area contributed by atoms with Crippen molar-refractivity contribution in [2.45, 2.75) is 32.2 Å². The Morgan fingerprint density at radius 1 is 1.10 bits per heavy atom. The SMILES string of the molecule is C[C@H](C(=O)N1CCCCC1)n1cc(-c2ccccc2)cn1. The van der Waals surface area contributed by atoms with Crippen LogP contribution in [0.25, 0.3) is 11.1 Å². The minimum Gasteiger partial charge on any atom is -0.341 e. The Labute approximate surface area is 125 Å². The number of carbonyl (C=O) groups is 1. The van der Waals surface area contributed by atoms with Crippen molar-refractivity contribution in [1.29, 1.82) is 0 Å². The van der Waals surface area contributed by atoms with Crippen molar-refractivity contribution in [3.8, 4) is 11.1 Å². The number of piperidine rings is 1. The van der Waals surface area contributed by atoms with Gasteiger partial charge in [-0.25, -0.2) is 0 Å². The number of aromatic nitrogens is 2. The molecule has 1 fully saturated rings. The van der Waals surface area contributed by atoms with Crippen LogP contribution >= 0.6 is 0 Å². The van der Waals surface area contributed by atoms with E-state index in [1.807, 2.05) is 42.4 Å². The summed E-state index contributed by atoms with van der Waals surface area (Å²) >= 11 is 0. The molecule has 0 saturated carbocycles. The summed E-state index contributed by atoms with van der Waals surface area (Å²) in [6.07, 6.45) is 7.26. The average molecular weight is 283 g/mol. The summed E-state index contributed by atoms with van der Waals surface area (Å²) in [5, 5.41) is 4.38. The van der Waals surface area contributed by atoms with E-state index in [9.17, 15) is 4.79 Å². The number of likely N-dealkylation sites (tertiary alicyclic amines) is 1. The molecule has 1 atom stereocenters. The van der Waals surface area contributed by atoms with E-state index < -0.39 is 0 Å². The van der Waals surface area contributed by atoms with E-state index in [0.717, 1.165) is 37.1 Å². The van der Waals surface area contributed by atoms with Crippen molar-refractivity contribution in [1.82, 2.24) is 14.7 Å². The van der Waals surface area contributed by atoms with Crippen molar-refractivity contribution >= 4 is 5.91 Å². The van der Waals surface area contributed by atoms with Crippen LogP contribution in [0.3, 0.4) is 0 Å². The highest BCUT2D eigenvalue weighted by Crippen LogP contribution is 2.21. The fourth-order valence-electron chi connectivity index (χ4n) is 2.82.